The summed E-state index contributed by atoms with van der Waals surface area (Å²) in [4.78, 5) is 23.0. The highest BCUT2D eigenvalue weighted by Gasteiger charge is 2.11. The number of nitrogens with two attached hydrogens (primary N) is 1. The number of amides is 1. The molecule has 1 amide bonds. The van der Waals surface area contributed by atoms with Crippen LogP contribution in [0.25, 0.3) is 0 Å². The molecule has 0 aliphatic rings. The summed E-state index contributed by atoms with van der Waals surface area (Å²) in [5, 5.41) is 11.7. The molecule has 2 aromatic rings. The van der Waals surface area contributed by atoms with E-state index in [4.69, 9.17) is 10.8 Å². The van der Waals surface area contributed by atoms with Crippen LogP contribution in [0.3, 0.4) is 0 Å². The molecule has 0 saturated heterocycles. The van der Waals surface area contributed by atoms with Crippen molar-refractivity contribution in [1.82, 2.24) is 0 Å². The van der Waals surface area contributed by atoms with Crippen LogP contribution in [0.2, 0.25) is 0 Å². The van der Waals surface area contributed by atoms with Gasteiger partial charge in [-0.15, -0.1) is 0 Å². The zero-order chi connectivity index (χ0) is 14.7. The molecule has 2 rings (SSSR count). The first-order valence-corrected chi connectivity index (χ1v) is 6.46. The Balaban J connectivity index is 2.21. The summed E-state index contributed by atoms with van der Waals surface area (Å²) in [5.41, 5.74) is 7.05. The van der Waals surface area contributed by atoms with Gasteiger partial charge in [-0.1, -0.05) is 0 Å². The summed E-state index contributed by atoms with van der Waals surface area (Å²) < 4.78 is 0.454. The standard InChI is InChI=1S/C14H11BrN2O3/c15-12-6-5-10(7-11(12)14(19)20)17-13(18)8-1-3-9(16)4-2-8/h1-7H,16H2,(H,17,18)(H,19,20). The summed E-state index contributed by atoms with van der Waals surface area (Å²) in [5.74, 6) is -1.40. The minimum Gasteiger partial charge on any atom is -0.478 e. The van der Waals surface area contributed by atoms with Crippen LogP contribution < -0.4 is 11.1 Å². The number of hydrogen-bond donors (Lipinski definition) is 3. The molecule has 0 atom stereocenters. The Bertz CT molecular complexity index is 669. The fourth-order valence-corrected chi connectivity index (χ4v) is 2.02. The normalized spacial score (nSPS) is 10.1. The van der Waals surface area contributed by atoms with Crippen LogP contribution in [0.4, 0.5) is 11.4 Å². The van der Waals surface area contributed by atoms with Crippen LogP contribution in [0.1, 0.15) is 20.7 Å². The molecule has 0 aliphatic heterocycles. The average molecular weight is 335 g/mol. The van der Waals surface area contributed by atoms with Crippen molar-refractivity contribution >= 4 is 39.2 Å². The number of nitrogen functional groups attached to an aromatic ring is 1. The van der Waals surface area contributed by atoms with Gasteiger partial charge in [0.05, 0.1) is 5.56 Å². The SMILES string of the molecule is Nc1ccc(C(=O)Nc2ccc(Br)c(C(=O)O)c2)cc1. The Morgan fingerprint density at radius 3 is 2.35 bits per heavy atom. The van der Waals surface area contributed by atoms with E-state index < -0.39 is 5.97 Å². The number of carboxylic acid groups (broad SMARTS) is 1. The summed E-state index contributed by atoms with van der Waals surface area (Å²) in [7, 11) is 0. The number of anilines is 2. The minimum absolute atomic E-state index is 0.0834. The highest BCUT2D eigenvalue weighted by atomic mass is 79.9. The monoisotopic (exact) mass is 334 g/mol. The van der Waals surface area contributed by atoms with E-state index in [1.54, 1.807) is 36.4 Å². The number of carboxylic acids is 1. The van der Waals surface area contributed by atoms with E-state index >= 15 is 0 Å². The number of nitrogens with one attached hydrogen (secondary N) is 1. The van der Waals surface area contributed by atoms with E-state index in [2.05, 4.69) is 21.2 Å². The first kappa shape index (κ1) is 14.1. The van der Waals surface area contributed by atoms with Crippen LogP contribution in [-0.4, -0.2) is 17.0 Å². The number of benzene rings is 2. The van der Waals surface area contributed by atoms with Crippen molar-refractivity contribution in [3.63, 3.8) is 0 Å². The van der Waals surface area contributed by atoms with E-state index in [0.29, 0.717) is 21.4 Å². The summed E-state index contributed by atoms with van der Waals surface area (Å²) in [6.45, 7) is 0. The number of carbonyl (C=O) groups excluding carboxylic acids is 1. The van der Waals surface area contributed by atoms with Crippen LogP contribution in [0.5, 0.6) is 0 Å². The lowest BCUT2D eigenvalue weighted by molar-refractivity contribution is 0.0695. The Hall–Kier alpha value is -2.34. The fraction of sp³-hybridized carbons (Fsp3) is 0. The van der Waals surface area contributed by atoms with Crippen LogP contribution in [0, 0.1) is 0 Å². The van der Waals surface area contributed by atoms with Crippen molar-refractivity contribution in [2.45, 2.75) is 0 Å². The highest BCUT2D eigenvalue weighted by Crippen LogP contribution is 2.21. The maximum atomic E-state index is 12.0. The summed E-state index contributed by atoms with van der Waals surface area (Å²) in [6, 6.07) is 11.0. The Morgan fingerprint density at radius 1 is 1.10 bits per heavy atom. The molecule has 4 N–H and O–H groups in total. The number of halogens is 1. The van der Waals surface area contributed by atoms with Gasteiger partial charge in [0.15, 0.2) is 0 Å². The van der Waals surface area contributed by atoms with Crippen LogP contribution in [0.15, 0.2) is 46.9 Å². The number of rotatable bonds is 3. The fourth-order valence-electron chi connectivity index (χ4n) is 1.60. The third-order valence-corrected chi connectivity index (χ3v) is 3.32. The molecule has 6 heteroatoms. The first-order chi connectivity index (χ1) is 9.47. The predicted molar refractivity (Wildman–Crippen MR) is 79.9 cm³/mol. The quantitative estimate of drug-likeness (QED) is 0.752. The van der Waals surface area contributed by atoms with E-state index in [0.717, 1.165) is 0 Å². The molecule has 102 valence electrons. The molecule has 0 fully saturated rings. The van der Waals surface area contributed by atoms with Gasteiger partial charge < -0.3 is 16.2 Å². The molecule has 0 aliphatic carbocycles. The zero-order valence-corrected chi connectivity index (χ0v) is 11.8. The van der Waals surface area contributed by atoms with Crippen molar-refractivity contribution in [1.29, 1.82) is 0 Å². The van der Waals surface area contributed by atoms with Gasteiger partial charge in [-0.25, -0.2) is 4.79 Å². The van der Waals surface area contributed by atoms with Crippen molar-refractivity contribution in [2.75, 3.05) is 11.1 Å². The molecule has 0 aromatic heterocycles. The Morgan fingerprint density at radius 2 is 1.75 bits per heavy atom. The van der Waals surface area contributed by atoms with Gasteiger partial charge in [-0.05, 0) is 58.4 Å². The molecule has 0 unspecified atom stereocenters. The summed E-state index contributed by atoms with van der Waals surface area (Å²) in [6.07, 6.45) is 0. The third kappa shape index (κ3) is 3.16. The molecule has 0 radical (unpaired) electrons. The molecule has 5 nitrogen and oxygen atoms in total. The van der Waals surface area contributed by atoms with Gasteiger partial charge in [0.25, 0.3) is 5.91 Å². The van der Waals surface area contributed by atoms with Crippen molar-refractivity contribution in [3.8, 4) is 0 Å². The minimum atomic E-state index is -1.07. The Kier molecular flexibility index (Phi) is 4.05. The predicted octanol–water partition coefficient (Wildman–Crippen LogP) is 2.98. The maximum absolute atomic E-state index is 12.0. The molecule has 0 bridgehead atoms. The lowest BCUT2D eigenvalue weighted by atomic mass is 10.1. The van der Waals surface area contributed by atoms with Crippen molar-refractivity contribution in [3.05, 3.63) is 58.1 Å². The van der Waals surface area contributed by atoms with E-state index in [-0.39, 0.29) is 11.5 Å². The van der Waals surface area contributed by atoms with Crippen LogP contribution in [-0.2, 0) is 0 Å². The van der Waals surface area contributed by atoms with E-state index in [1.807, 2.05) is 0 Å². The highest BCUT2D eigenvalue weighted by molar-refractivity contribution is 9.10. The number of carbonyl (C=O) groups is 2. The van der Waals surface area contributed by atoms with Crippen molar-refractivity contribution in [2.24, 2.45) is 0 Å². The van der Waals surface area contributed by atoms with Crippen molar-refractivity contribution < 1.29 is 14.7 Å². The molecule has 20 heavy (non-hydrogen) atoms. The van der Waals surface area contributed by atoms with Gasteiger partial charge in [0.1, 0.15) is 0 Å². The van der Waals surface area contributed by atoms with Gasteiger partial charge in [0.2, 0.25) is 0 Å². The smallest absolute Gasteiger partial charge is 0.336 e. The van der Waals surface area contributed by atoms with E-state index in [9.17, 15) is 9.59 Å². The third-order valence-electron chi connectivity index (χ3n) is 2.63. The number of aromatic carboxylic acids is 1. The molecule has 2 aromatic carbocycles. The van der Waals surface area contributed by atoms with Gasteiger partial charge in [-0.2, -0.15) is 0 Å². The second kappa shape index (κ2) is 5.75. The maximum Gasteiger partial charge on any atom is 0.336 e. The summed E-state index contributed by atoms with van der Waals surface area (Å²) >= 11 is 3.14. The van der Waals surface area contributed by atoms with E-state index in [1.165, 1.54) is 6.07 Å². The molecular weight excluding hydrogens is 324 g/mol. The molecular formula is C14H11BrN2O3. The topological polar surface area (TPSA) is 92.4 Å². The average Bonchev–Trinajstić information content (AvgIpc) is 2.41. The largest absolute Gasteiger partial charge is 0.478 e. The number of hydrogen-bond acceptors (Lipinski definition) is 3. The van der Waals surface area contributed by atoms with Gasteiger partial charge in [-0.3, -0.25) is 4.79 Å². The van der Waals surface area contributed by atoms with Crippen LogP contribution >= 0.6 is 15.9 Å². The molecule has 0 heterocycles. The lowest BCUT2D eigenvalue weighted by Crippen LogP contribution is -2.12. The lowest BCUT2D eigenvalue weighted by Gasteiger charge is -2.07. The van der Waals surface area contributed by atoms with Gasteiger partial charge in [0, 0.05) is 21.4 Å². The zero-order valence-electron chi connectivity index (χ0n) is 10.3. The first-order valence-electron chi connectivity index (χ1n) is 5.67. The second-order valence-corrected chi connectivity index (χ2v) is 4.93. The molecule has 0 saturated carbocycles. The van der Waals surface area contributed by atoms with Gasteiger partial charge >= 0.3 is 5.97 Å². The Labute approximate surface area is 123 Å². The molecule has 0 spiro atoms. The second-order valence-electron chi connectivity index (χ2n) is 4.08.